The maximum absolute atomic E-state index is 12.9. The highest BCUT2D eigenvalue weighted by atomic mass is 35.5. The fraction of sp³-hybridized carbons (Fsp3) is 0.400. The van der Waals surface area contributed by atoms with Crippen molar-refractivity contribution >= 4 is 21.6 Å². The van der Waals surface area contributed by atoms with Crippen molar-refractivity contribution in [2.45, 2.75) is 31.3 Å². The molecular formula is C20H24ClNO3S. The van der Waals surface area contributed by atoms with Gasteiger partial charge in [-0.05, 0) is 48.9 Å². The molecule has 0 saturated carbocycles. The van der Waals surface area contributed by atoms with E-state index in [-0.39, 0.29) is 0 Å². The summed E-state index contributed by atoms with van der Waals surface area (Å²) < 4.78 is 33.2. The number of hydrogen-bond donors (Lipinski definition) is 0. The van der Waals surface area contributed by atoms with Crippen LogP contribution >= 0.6 is 11.6 Å². The number of halogens is 1. The molecular weight excluding hydrogens is 370 g/mol. The van der Waals surface area contributed by atoms with E-state index in [1.54, 1.807) is 29.4 Å². The smallest absolute Gasteiger partial charge is 0.243 e. The Morgan fingerprint density at radius 1 is 1.12 bits per heavy atom. The number of nitrogens with zero attached hydrogens (tertiary/aromatic N) is 1. The first kappa shape index (κ1) is 19.4. The van der Waals surface area contributed by atoms with Crippen molar-refractivity contribution in [3.05, 3.63) is 64.7 Å². The van der Waals surface area contributed by atoms with Crippen molar-refractivity contribution in [3.8, 4) is 0 Å². The van der Waals surface area contributed by atoms with Crippen LogP contribution in [0.3, 0.4) is 0 Å². The molecule has 0 amide bonds. The summed E-state index contributed by atoms with van der Waals surface area (Å²) in [6.45, 7) is 4.11. The molecule has 140 valence electrons. The predicted molar refractivity (Wildman–Crippen MR) is 104 cm³/mol. The minimum Gasteiger partial charge on any atom is -0.376 e. The minimum absolute atomic E-state index is 0.309. The van der Waals surface area contributed by atoms with Crippen LogP contribution in [0, 0.1) is 12.8 Å². The number of piperidine rings is 1. The van der Waals surface area contributed by atoms with Gasteiger partial charge in [-0.15, -0.1) is 0 Å². The Balaban J connectivity index is 1.53. The number of rotatable bonds is 6. The molecule has 2 aromatic carbocycles. The lowest BCUT2D eigenvalue weighted by Gasteiger charge is -2.31. The van der Waals surface area contributed by atoms with Crippen molar-refractivity contribution in [2.75, 3.05) is 19.7 Å². The lowest BCUT2D eigenvalue weighted by atomic mass is 9.99. The second-order valence-corrected chi connectivity index (χ2v) is 9.10. The number of ether oxygens (including phenoxy) is 1. The third-order valence-corrected chi connectivity index (χ3v) is 7.08. The maximum atomic E-state index is 12.9. The van der Waals surface area contributed by atoms with Crippen LogP contribution in [0.1, 0.15) is 24.0 Å². The number of aryl methyl sites for hydroxylation is 1. The molecule has 1 fully saturated rings. The molecule has 0 aliphatic carbocycles. The maximum Gasteiger partial charge on any atom is 0.243 e. The molecule has 0 N–H and O–H groups in total. The number of sulfonamides is 1. The molecule has 1 aliphatic heterocycles. The van der Waals surface area contributed by atoms with Gasteiger partial charge in [0.25, 0.3) is 0 Å². The van der Waals surface area contributed by atoms with E-state index < -0.39 is 10.0 Å². The summed E-state index contributed by atoms with van der Waals surface area (Å²) in [4.78, 5) is 0.309. The SMILES string of the molecule is Cc1ccc(Cl)cc1S(=O)(=O)N1CCC(COCc2ccccc2)CC1. The fourth-order valence-electron chi connectivity index (χ4n) is 3.22. The molecule has 1 heterocycles. The lowest BCUT2D eigenvalue weighted by molar-refractivity contribution is 0.0688. The standard InChI is InChI=1S/C20H24ClNO3S/c1-16-7-8-19(21)13-20(16)26(23,24)22-11-9-18(10-12-22)15-25-14-17-5-3-2-4-6-17/h2-8,13,18H,9-12,14-15H2,1H3. The number of hydrogen-bond acceptors (Lipinski definition) is 3. The molecule has 4 nitrogen and oxygen atoms in total. The molecule has 0 unspecified atom stereocenters. The number of benzene rings is 2. The molecule has 0 spiro atoms. The highest BCUT2D eigenvalue weighted by Crippen LogP contribution is 2.27. The van der Waals surface area contributed by atoms with Gasteiger partial charge in [0.2, 0.25) is 10.0 Å². The monoisotopic (exact) mass is 393 g/mol. The summed E-state index contributed by atoms with van der Waals surface area (Å²) in [6, 6.07) is 15.1. The molecule has 1 aliphatic rings. The van der Waals surface area contributed by atoms with Crippen LogP contribution in [-0.2, 0) is 21.4 Å². The summed E-state index contributed by atoms with van der Waals surface area (Å²) in [5.41, 5.74) is 1.88. The van der Waals surface area contributed by atoms with Crippen molar-refractivity contribution in [2.24, 2.45) is 5.92 Å². The van der Waals surface area contributed by atoms with Gasteiger partial charge < -0.3 is 4.74 Å². The minimum atomic E-state index is -3.49. The third-order valence-electron chi connectivity index (χ3n) is 4.81. The van der Waals surface area contributed by atoms with Gasteiger partial charge in [0.1, 0.15) is 0 Å². The zero-order chi connectivity index (χ0) is 18.6. The van der Waals surface area contributed by atoms with E-state index in [4.69, 9.17) is 16.3 Å². The quantitative estimate of drug-likeness (QED) is 0.736. The van der Waals surface area contributed by atoms with Crippen molar-refractivity contribution in [1.29, 1.82) is 0 Å². The lowest BCUT2D eigenvalue weighted by Crippen LogP contribution is -2.39. The van der Waals surface area contributed by atoms with Gasteiger partial charge in [0.05, 0.1) is 11.5 Å². The third kappa shape index (κ3) is 4.65. The molecule has 1 saturated heterocycles. The molecule has 0 atom stereocenters. The molecule has 6 heteroatoms. The van der Waals surface area contributed by atoms with Crippen LogP contribution in [-0.4, -0.2) is 32.4 Å². The zero-order valence-corrected chi connectivity index (χ0v) is 16.5. The van der Waals surface area contributed by atoms with E-state index in [1.807, 2.05) is 30.3 Å². The van der Waals surface area contributed by atoms with E-state index >= 15 is 0 Å². The fourth-order valence-corrected chi connectivity index (χ4v) is 5.18. The van der Waals surface area contributed by atoms with Gasteiger partial charge in [-0.25, -0.2) is 8.42 Å². The van der Waals surface area contributed by atoms with E-state index in [0.29, 0.717) is 42.1 Å². The van der Waals surface area contributed by atoms with Gasteiger partial charge >= 0.3 is 0 Å². The second kappa shape index (κ2) is 8.53. The first-order valence-corrected chi connectivity index (χ1v) is 10.7. The molecule has 2 aromatic rings. The molecule has 26 heavy (non-hydrogen) atoms. The van der Waals surface area contributed by atoms with Crippen LogP contribution in [0.4, 0.5) is 0 Å². The highest BCUT2D eigenvalue weighted by Gasteiger charge is 2.30. The Labute approximate surface area is 160 Å². The van der Waals surface area contributed by atoms with Gasteiger partial charge in [0, 0.05) is 24.7 Å². The Morgan fingerprint density at radius 3 is 2.50 bits per heavy atom. The van der Waals surface area contributed by atoms with Crippen LogP contribution < -0.4 is 0 Å². The van der Waals surface area contributed by atoms with E-state index in [9.17, 15) is 8.42 Å². The van der Waals surface area contributed by atoms with Crippen LogP contribution in [0.5, 0.6) is 0 Å². The second-order valence-electron chi connectivity index (χ2n) is 6.76. The van der Waals surface area contributed by atoms with E-state index in [2.05, 4.69) is 0 Å². The molecule has 0 radical (unpaired) electrons. The predicted octanol–water partition coefficient (Wildman–Crippen LogP) is 4.27. The Kier molecular flexibility index (Phi) is 6.35. The first-order valence-electron chi connectivity index (χ1n) is 8.85. The summed E-state index contributed by atoms with van der Waals surface area (Å²) in [5, 5.41) is 0.443. The first-order chi connectivity index (χ1) is 12.5. The van der Waals surface area contributed by atoms with Crippen LogP contribution in [0.15, 0.2) is 53.4 Å². The average molecular weight is 394 g/mol. The Bertz CT molecular complexity index is 831. The van der Waals surface area contributed by atoms with Gasteiger partial charge in [-0.3, -0.25) is 0 Å². The zero-order valence-electron chi connectivity index (χ0n) is 14.9. The van der Waals surface area contributed by atoms with Gasteiger partial charge in [0.15, 0.2) is 0 Å². The van der Waals surface area contributed by atoms with E-state index in [1.165, 1.54) is 0 Å². The van der Waals surface area contributed by atoms with Crippen molar-refractivity contribution < 1.29 is 13.2 Å². The highest BCUT2D eigenvalue weighted by molar-refractivity contribution is 7.89. The largest absolute Gasteiger partial charge is 0.376 e. The van der Waals surface area contributed by atoms with Crippen molar-refractivity contribution in [1.82, 2.24) is 4.31 Å². The van der Waals surface area contributed by atoms with E-state index in [0.717, 1.165) is 24.0 Å². The Morgan fingerprint density at radius 2 is 1.81 bits per heavy atom. The van der Waals surface area contributed by atoms with Gasteiger partial charge in [-0.2, -0.15) is 4.31 Å². The summed E-state index contributed by atoms with van der Waals surface area (Å²) >= 11 is 5.99. The molecule has 0 aromatic heterocycles. The normalized spacial score (nSPS) is 16.7. The van der Waals surface area contributed by atoms with Crippen LogP contribution in [0.2, 0.25) is 5.02 Å². The molecule has 0 bridgehead atoms. The summed E-state index contributed by atoms with van der Waals surface area (Å²) in [5.74, 6) is 0.394. The van der Waals surface area contributed by atoms with Gasteiger partial charge in [-0.1, -0.05) is 48.0 Å². The Hall–Kier alpha value is -1.40. The van der Waals surface area contributed by atoms with Crippen molar-refractivity contribution in [3.63, 3.8) is 0 Å². The topological polar surface area (TPSA) is 46.6 Å². The van der Waals surface area contributed by atoms with Crippen LogP contribution in [0.25, 0.3) is 0 Å². The average Bonchev–Trinajstić information content (AvgIpc) is 2.65. The summed E-state index contributed by atoms with van der Waals surface area (Å²) in [6.07, 6.45) is 1.63. The molecule has 3 rings (SSSR count). The summed E-state index contributed by atoms with van der Waals surface area (Å²) in [7, 11) is -3.49.